The van der Waals surface area contributed by atoms with Gasteiger partial charge in [-0.15, -0.1) is 0 Å². The van der Waals surface area contributed by atoms with Crippen molar-refractivity contribution in [3.63, 3.8) is 0 Å². The van der Waals surface area contributed by atoms with Gasteiger partial charge in [-0.3, -0.25) is 0 Å². The van der Waals surface area contributed by atoms with Crippen LogP contribution < -0.4 is 5.32 Å². The molecule has 1 aromatic carbocycles. The summed E-state index contributed by atoms with van der Waals surface area (Å²) in [4.78, 5) is 14.2. The Morgan fingerprint density at radius 2 is 1.71 bits per heavy atom. The molecule has 0 aliphatic carbocycles. The van der Waals surface area contributed by atoms with Crippen molar-refractivity contribution in [1.82, 2.24) is 14.5 Å². The van der Waals surface area contributed by atoms with Gasteiger partial charge < -0.3 is 10.2 Å². The largest absolute Gasteiger partial charge is 0.337 e. The molecule has 1 aliphatic rings. The Morgan fingerprint density at radius 1 is 1.12 bits per heavy atom. The van der Waals surface area contributed by atoms with Crippen LogP contribution in [0.5, 0.6) is 0 Å². The molecule has 1 N–H and O–H groups in total. The summed E-state index contributed by atoms with van der Waals surface area (Å²) in [6, 6.07) is 6.86. The summed E-state index contributed by atoms with van der Waals surface area (Å²) < 4.78 is 27.0. The number of urea groups is 1. The van der Waals surface area contributed by atoms with Crippen LogP contribution in [0.3, 0.4) is 0 Å². The molecule has 7 heteroatoms. The number of carbonyl (C=O) groups excluding carboxylic acids is 1. The highest BCUT2D eigenvalue weighted by molar-refractivity contribution is 7.89. The molecular weight excluding hydrogens is 326 g/mol. The smallest absolute Gasteiger partial charge is 0.317 e. The van der Waals surface area contributed by atoms with Gasteiger partial charge in [-0.05, 0) is 24.0 Å². The molecule has 2 rings (SSSR count). The van der Waals surface area contributed by atoms with Crippen LogP contribution in [-0.2, 0) is 10.0 Å². The third-order valence-electron chi connectivity index (χ3n) is 4.01. The van der Waals surface area contributed by atoms with Gasteiger partial charge in [0.25, 0.3) is 0 Å². The lowest BCUT2D eigenvalue weighted by Gasteiger charge is -2.34. The molecular formula is C17H27N3O3S. The van der Waals surface area contributed by atoms with Gasteiger partial charge in [-0.25, -0.2) is 13.2 Å². The third kappa shape index (κ3) is 4.48. The van der Waals surface area contributed by atoms with Crippen LogP contribution in [0.15, 0.2) is 29.2 Å². The number of hydrogen-bond donors (Lipinski definition) is 1. The van der Waals surface area contributed by atoms with Crippen LogP contribution in [0.25, 0.3) is 0 Å². The number of aryl methyl sites for hydroxylation is 1. The van der Waals surface area contributed by atoms with Crippen molar-refractivity contribution >= 4 is 16.1 Å². The summed E-state index contributed by atoms with van der Waals surface area (Å²) in [7, 11) is -3.50. The zero-order valence-electron chi connectivity index (χ0n) is 14.9. The predicted molar refractivity (Wildman–Crippen MR) is 94.4 cm³/mol. The summed E-state index contributed by atoms with van der Waals surface area (Å²) >= 11 is 0. The molecule has 134 valence electrons. The van der Waals surface area contributed by atoms with Gasteiger partial charge in [-0.1, -0.05) is 39.0 Å². The second kappa shape index (κ2) is 7.11. The van der Waals surface area contributed by atoms with E-state index in [-0.39, 0.29) is 11.4 Å². The van der Waals surface area contributed by atoms with E-state index in [0.717, 1.165) is 5.56 Å². The highest BCUT2D eigenvalue weighted by Gasteiger charge is 2.31. The molecule has 1 fully saturated rings. The lowest BCUT2D eigenvalue weighted by atomic mass is 9.97. The molecule has 0 atom stereocenters. The lowest BCUT2D eigenvalue weighted by Crippen LogP contribution is -2.53. The average Bonchev–Trinajstić information content (AvgIpc) is 2.52. The van der Waals surface area contributed by atoms with Gasteiger partial charge in [0.2, 0.25) is 10.0 Å². The predicted octanol–water partition coefficient (Wildman–Crippen LogP) is 2.06. The van der Waals surface area contributed by atoms with Gasteiger partial charge in [0.15, 0.2) is 0 Å². The molecule has 1 aliphatic heterocycles. The van der Waals surface area contributed by atoms with E-state index in [2.05, 4.69) is 26.1 Å². The number of nitrogens with zero attached hydrogens (tertiary/aromatic N) is 2. The topological polar surface area (TPSA) is 69.7 Å². The standard InChI is InChI=1S/C17H27N3O3S/c1-14-7-5-6-8-15(14)24(22,23)20-11-9-19(10-12-20)16(21)18-13-17(2,3)4/h5-8H,9-13H2,1-4H3,(H,18,21). The zero-order chi connectivity index (χ0) is 18.0. The highest BCUT2D eigenvalue weighted by atomic mass is 32.2. The fraction of sp³-hybridized carbons (Fsp3) is 0.588. The second-order valence-electron chi connectivity index (χ2n) is 7.38. The molecule has 1 saturated heterocycles. The maximum absolute atomic E-state index is 12.7. The first-order chi connectivity index (χ1) is 11.1. The first-order valence-corrected chi connectivity index (χ1v) is 9.64. The number of amides is 2. The van der Waals surface area contributed by atoms with Crippen molar-refractivity contribution in [2.75, 3.05) is 32.7 Å². The molecule has 0 bridgehead atoms. The first kappa shape index (κ1) is 18.7. The van der Waals surface area contributed by atoms with Crippen molar-refractivity contribution < 1.29 is 13.2 Å². The summed E-state index contributed by atoms with van der Waals surface area (Å²) in [6.45, 7) is 10.00. The monoisotopic (exact) mass is 353 g/mol. The van der Waals surface area contributed by atoms with Gasteiger partial charge in [0.05, 0.1) is 4.90 Å². The van der Waals surface area contributed by atoms with Crippen LogP contribution in [0.1, 0.15) is 26.3 Å². The Balaban J connectivity index is 1.97. The number of sulfonamides is 1. The molecule has 0 radical (unpaired) electrons. The quantitative estimate of drug-likeness (QED) is 0.904. The van der Waals surface area contributed by atoms with Crippen LogP contribution >= 0.6 is 0 Å². The lowest BCUT2D eigenvalue weighted by molar-refractivity contribution is 0.169. The van der Waals surface area contributed by atoms with Crippen molar-refractivity contribution in [1.29, 1.82) is 0 Å². The normalized spacial score (nSPS) is 16.9. The molecule has 0 unspecified atom stereocenters. The zero-order valence-corrected chi connectivity index (χ0v) is 15.7. The molecule has 24 heavy (non-hydrogen) atoms. The Hall–Kier alpha value is -1.60. The molecule has 0 aromatic heterocycles. The van der Waals surface area contributed by atoms with Crippen molar-refractivity contribution in [2.45, 2.75) is 32.6 Å². The average molecular weight is 353 g/mol. The molecule has 0 saturated carbocycles. The summed E-state index contributed by atoms with van der Waals surface area (Å²) in [5.74, 6) is 0. The Kier molecular flexibility index (Phi) is 5.55. The Morgan fingerprint density at radius 3 is 2.25 bits per heavy atom. The first-order valence-electron chi connectivity index (χ1n) is 8.20. The minimum absolute atomic E-state index is 0.0195. The van der Waals surface area contributed by atoms with E-state index in [1.807, 2.05) is 6.07 Å². The number of benzene rings is 1. The molecule has 0 spiro atoms. The van der Waals surface area contributed by atoms with Crippen molar-refractivity contribution in [2.24, 2.45) is 5.41 Å². The number of piperazine rings is 1. The van der Waals surface area contributed by atoms with E-state index in [1.165, 1.54) is 4.31 Å². The molecule has 6 nitrogen and oxygen atoms in total. The molecule has 2 amide bonds. The minimum Gasteiger partial charge on any atom is -0.337 e. The maximum Gasteiger partial charge on any atom is 0.317 e. The van der Waals surface area contributed by atoms with E-state index in [0.29, 0.717) is 37.6 Å². The number of carbonyl (C=O) groups is 1. The van der Waals surface area contributed by atoms with Gasteiger partial charge in [-0.2, -0.15) is 4.31 Å². The van der Waals surface area contributed by atoms with Crippen LogP contribution in [0.4, 0.5) is 4.79 Å². The molecule has 1 aromatic rings. The van der Waals surface area contributed by atoms with Gasteiger partial charge in [0, 0.05) is 32.7 Å². The van der Waals surface area contributed by atoms with E-state index < -0.39 is 10.0 Å². The number of hydrogen-bond acceptors (Lipinski definition) is 3. The maximum atomic E-state index is 12.7. The van der Waals surface area contributed by atoms with Crippen LogP contribution in [-0.4, -0.2) is 56.4 Å². The number of nitrogens with one attached hydrogen (secondary N) is 1. The SMILES string of the molecule is Cc1ccccc1S(=O)(=O)N1CCN(C(=O)NCC(C)(C)C)CC1. The fourth-order valence-electron chi connectivity index (χ4n) is 2.57. The van der Waals surface area contributed by atoms with E-state index >= 15 is 0 Å². The van der Waals surface area contributed by atoms with E-state index in [9.17, 15) is 13.2 Å². The minimum atomic E-state index is -3.50. The molecule has 1 heterocycles. The fourth-order valence-corrected chi connectivity index (χ4v) is 4.22. The van der Waals surface area contributed by atoms with Gasteiger partial charge in [0.1, 0.15) is 0 Å². The van der Waals surface area contributed by atoms with Crippen molar-refractivity contribution in [3.05, 3.63) is 29.8 Å². The van der Waals surface area contributed by atoms with E-state index in [1.54, 1.807) is 30.0 Å². The van der Waals surface area contributed by atoms with Crippen LogP contribution in [0.2, 0.25) is 0 Å². The summed E-state index contributed by atoms with van der Waals surface area (Å²) in [5, 5.41) is 2.91. The Bertz CT molecular complexity index is 687. The van der Waals surface area contributed by atoms with E-state index in [4.69, 9.17) is 0 Å². The third-order valence-corrected chi connectivity index (χ3v) is 6.07. The van der Waals surface area contributed by atoms with Crippen molar-refractivity contribution in [3.8, 4) is 0 Å². The summed E-state index contributed by atoms with van der Waals surface area (Å²) in [5.41, 5.74) is 0.758. The number of rotatable bonds is 3. The van der Waals surface area contributed by atoms with Crippen LogP contribution in [0, 0.1) is 12.3 Å². The highest BCUT2D eigenvalue weighted by Crippen LogP contribution is 2.21. The summed E-state index contributed by atoms with van der Waals surface area (Å²) in [6.07, 6.45) is 0. The van der Waals surface area contributed by atoms with Gasteiger partial charge >= 0.3 is 6.03 Å². The second-order valence-corrected chi connectivity index (χ2v) is 9.28. The Labute approximate surface area is 144 Å².